The summed E-state index contributed by atoms with van der Waals surface area (Å²) >= 11 is 0. The summed E-state index contributed by atoms with van der Waals surface area (Å²) in [5.41, 5.74) is 6.07. The summed E-state index contributed by atoms with van der Waals surface area (Å²) < 4.78 is 7.56. The molecule has 0 bridgehead atoms. The quantitative estimate of drug-likeness (QED) is 0.459. The maximum Gasteiger partial charge on any atom is 0.251 e. The molecule has 1 atom stereocenters. The lowest BCUT2D eigenvalue weighted by Gasteiger charge is -2.31. The fourth-order valence-electron chi connectivity index (χ4n) is 4.50. The average Bonchev–Trinajstić information content (AvgIpc) is 3.31. The number of rotatable bonds is 7. The molecule has 0 saturated carbocycles. The molecule has 1 N–H and O–H groups in total. The van der Waals surface area contributed by atoms with E-state index in [1.807, 2.05) is 42.6 Å². The minimum Gasteiger partial charge on any atom is -0.379 e. The van der Waals surface area contributed by atoms with E-state index < -0.39 is 0 Å². The molecule has 6 heteroatoms. The summed E-state index contributed by atoms with van der Waals surface area (Å²) in [7, 11) is 0. The van der Waals surface area contributed by atoms with Gasteiger partial charge in [0.15, 0.2) is 0 Å². The molecule has 1 fully saturated rings. The molecule has 1 aliphatic heterocycles. The van der Waals surface area contributed by atoms with Crippen LogP contribution in [0.1, 0.15) is 21.5 Å². The number of hydrogen-bond acceptors (Lipinski definition) is 4. The Morgan fingerprint density at radius 3 is 2.53 bits per heavy atom. The van der Waals surface area contributed by atoms with Crippen LogP contribution in [0.15, 0.2) is 79.1 Å². The number of imidazole rings is 1. The first kappa shape index (κ1) is 22.3. The number of aryl methyl sites for hydroxylation is 1. The topological polar surface area (TPSA) is 58.9 Å². The summed E-state index contributed by atoms with van der Waals surface area (Å²) in [6.07, 6.45) is 4.86. The molecule has 174 valence electrons. The number of carbonyl (C=O) groups is 1. The standard InChI is InChI=1S/C28H30N4O2/c1-21-6-5-13-32-20-26(30-27(21)32)23-11-9-22(10-12-23)18-25(19-31-14-16-34-17-15-31)29-28(33)24-7-3-2-4-8-24/h2-13,20,25H,14-19H2,1H3,(H,29,33)/t25-/m0/s1. The Kier molecular flexibility index (Phi) is 6.70. The van der Waals surface area contributed by atoms with Gasteiger partial charge in [0.25, 0.3) is 5.91 Å². The first-order valence-electron chi connectivity index (χ1n) is 11.9. The summed E-state index contributed by atoms with van der Waals surface area (Å²) in [5.74, 6) is -0.0319. The monoisotopic (exact) mass is 454 g/mol. The number of morpholine rings is 1. The van der Waals surface area contributed by atoms with Crippen LogP contribution in [0.4, 0.5) is 0 Å². The molecule has 6 nitrogen and oxygen atoms in total. The molecular formula is C28H30N4O2. The van der Waals surface area contributed by atoms with Crippen LogP contribution in [0.3, 0.4) is 0 Å². The van der Waals surface area contributed by atoms with Crippen LogP contribution in [0, 0.1) is 6.92 Å². The number of nitrogens with zero attached hydrogens (tertiary/aromatic N) is 3. The summed E-state index contributed by atoms with van der Waals surface area (Å²) in [6.45, 7) is 6.15. The van der Waals surface area contributed by atoms with E-state index in [1.165, 1.54) is 5.56 Å². The highest BCUT2D eigenvalue weighted by Crippen LogP contribution is 2.22. The van der Waals surface area contributed by atoms with Gasteiger partial charge in [0.1, 0.15) is 5.65 Å². The van der Waals surface area contributed by atoms with Gasteiger partial charge in [0.2, 0.25) is 0 Å². The fraction of sp³-hybridized carbons (Fsp3) is 0.286. The predicted octanol–water partition coefficient (Wildman–Crippen LogP) is 3.98. The number of fused-ring (bicyclic) bond motifs is 1. The number of aromatic nitrogens is 2. The normalized spacial score (nSPS) is 15.3. The Morgan fingerprint density at radius 2 is 1.79 bits per heavy atom. The van der Waals surface area contributed by atoms with Crippen LogP contribution in [-0.2, 0) is 11.2 Å². The maximum atomic E-state index is 12.9. The molecule has 1 saturated heterocycles. The van der Waals surface area contributed by atoms with Crippen molar-refractivity contribution in [1.29, 1.82) is 0 Å². The van der Waals surface area contributed by atoms with E-state index in [0.717, 1.165) is 61.7 Å². The van der Waals surface area contributed by atoms with Crippen LogP contribution < -0.4 is 5.32 Å². The number of hydrogen-bond donors (Lipinski definition) is 1. The first-order valence-corrected chi connectivity index (χ1v) is 11.9. The second kappa shape index (κ2) is 10.2. The van der Waals surface area contributed by atoms with E-state index in [0.29, 0.717) is 5.56 Å². The van der Waals surface area contributed by atoms with Crippen molar-refractivity contribution in [3.63, 3.8) is 0 Å². The van der Waals surface area contributed by atoms with Gasteiger partial charge in [0.05, 0.1) is 18.9 Å². The van der Waals surface area contributed by atoms with Crippen LogP contribution in [-0.4, -0.2) is 59.1 Å². The van der Waals surface area contributed by atoms with Gasteiger partial charge < -0.3 is 14.5 Å². The van der Waals surface area contributed by atoms with E-state index in [4.69, 9.17) is 9.72 Å². The SMILES string of the molecule is Cc1cccn2cc(-c3ccc(C[C@@H](CN4CCOCC4)NC(=O)c4ccccc4)cc3)nc12. The zero-order valence-electron chi connectivity index (χ0n) is 19.5. The molecule has 4 aromatic rings. The molecule has 2 aromatic carbocycles. The van der Waals surface area contributed by atoms with E-state index in [-0.39, 0.29) is 11.9 Å². The number of nitrogens with one attached hydrogen (secondary N) is 1. The van der Waals surface area contributed by atoms with E-state index in [1.54, 1.807) is 0 Å². The van der Waals surface area contributed by atoms with Gasteiger partial charge in [-0.15, -0.1) is 0 Å². The van der Waals surface area contributed by atoms with Gasteiger partial charge in [-0.25, -0.2) is 4.98 Å². The van der Waals surface area contributed by atoms with Crippen molar-refractivity contribution < 1.29 is 9.53 Å². The predicted molar refractivity (Wildman–Crippen MR) is 134 cm³/mol. The van der Waals surface area contributed by atoms with Crippen molar-refractivity contribution in [3.05, 3.63) is 95.8 Å². The molecule has 5 rings (SSSR count). The van der Waals surface area contributed by atoms with Crippen LogP contribution >= 0.6 is 0 Å². The maximum absolute atomic E-state index is 12.9. The van der Waals surface area contributed by atoms with Crippen molar-refractivity contribution >= 4 is 11.6 Å². The third-order valence-electron chi connectivity index (χ3n) is 6.36. The minimum atomic E-state index is -0.0319. The van der Waals surface area contributed by atoms with Crippen LogP contribution in [0.25, 0.3) is 16.9 Å². The van der Waals surface area contributed by atoms with Gasteiger partial charge in [-0.05, 0) is 42.7 Å². The zero-order valence-corrected chi connectivity index (χ0v) is 19.5. The molecule has 0 aliphatic carbocycles. The van der Waals surface area contributed by atoms with Crippen molar-refractivity contribution in [3.8, 4) is 11.3 Å². The van der Waals surface area contributed by atoms with Crippen LogP contribution in [0.2, 0.25) is 0 Å². The molecule has 1 aliphatic rings. The zero-order chi connectivity index (χ0) is 23.3. The third kappa shape index (κ3) is 5.19. The van der Waals surface area contributed by atoms with Crippen molar-refractivity contribution in [1.82, 2.24) is 19.6 Å². The Balaban J connectivity index is 1.32. The van der Waals surface area contributed by atoms with E-state index in [2.05, 4.69) is 58.1 Å². The number of ether oxygens (including phenoxy) is 1. The summed E-state index contributed by atoms with van der Waals surface area (Å²) in [5, 5.41) is 3.26. The third-order valence-corrected chi connectivity index (χ3v) is 6.36. The van der Waals surface area contributed by atoms with E-state index >= 15 is 0 Å². The summed E-state index contributed by atoms with van der Waals surface area (Å²) in [4.78, 5) is 20.1. The lowest BCUT2D eigenvalue weighted by molar-refractivity contribution is 0.0333. The highest BCUT2D eigenvalue weighted by molar-refractivity contribution is 5.94. The van der Waals surface area contributed by atoms with Crippen molar-refractivity contribution in [2.75, 3.05) is 32.8 Å². The number of amides is 1. The Hall–Kier alpha value is -3.48. The van der Waals surface area contributed by atoms with Gasteiger partial charge in [-0.2, -0.15) is 0 Å². The Bertz CT molecular complexity index is 1240. The summed E-state index contributed by atoms with van der Waals surface area (Å²) in [6, 6.07) is 22.1. The van der Waals surface area contributed by atoms with Gasteiger partial charge in [0, 0.05) is 49.2 Å². The highest BCUT2D eigenvalue weighted by Gasteiger charge is 2.20. The molecule has 2 aromatic heterocycles. The van der Waals surface area contributed by atoms with Gasteiger partial charge >= 0.3 is 0 Å². The second-order valence-corrected chi connectivity index (χ2v) is 8.90. The Labute approximate surface area is 200 Å². The largest absolute Gasteiger partial charge is 0.379 e. The minimum absolute atomic E-state index is 0.00880. The molecule has 1 amide bonds. The van der Waals surface area contributed by atoms with Crippen molar-refractivity contribution in [2.45, 2.75) is 19.4 Å². The molecule has 0 spiro atoms. The Morgan fingerprint density at radius 1 is 1.03 bits per heavy atom. The molecule has 3 heterocycles. The van der Waals surface area contributed by atoms with Gasteiger partial charge in [-0.3, -0.25) is 9.69 Å². The number of pyridine rings is 1. The van der Waals surface area contributed by atoms with Crippen molar-refractivity contribution in [2.24, 2.45) is 0 Å². The molecule has 0 unspecified atom stereocenters. The average molecular weight is 455 g/mol. The fourth-order valence-corrected chi connectivity index (χ4v) is 4.50. The smallest absolute Gasteiger partial charge is 0.251 e. The highest BCUT2D eigenvalue weighted by atomic mass is 16.5. The number of carbonyl (C=O) groups excluding carboxylic acids is 1. The molecule has 34 heavy (non-hydrogen) atoms. The van der Waals surface area contributed by atoms with E-state index in [9.17, 15) is 4.79 Å². The molecule has 0 radical (unpaired) electrons. The molecular weight excluding hydrogens is 424 g/mol. The first-order chi connectivity index (χ1) is 16.7. The second-order valence-electron chi connectivity index (χ2n) is 8.90. The lowest BCUT2D eigenvalue weighted by Crippen LogP contribution is -2.48. The van der Waals surface area contributed by atoms with Crippen LogP contribution in [0.5, 0.6) is 0 Å². The van der Waals surface area contributed by atoms with Gasteiger partial charge in [-0.1, -0.05) is 48.5 Å². The lowest BCUT2D eigenvalue weighted by atomic mass is 10.0. The number of benzene rings is 2.